The van der Waals surface area contributed by atoms with Crippen LogP contribution in [0, 0.1) is 0 Å². The van der Waals surface area contributed by atoms with Crippen LogP contribution >= 0.6 is 34.8 Å². The molecule has 0 aromatic carbocycles. The van der Waals surface area contributed by atoms with Crippen molar-refractivity contribution >= 4 is 40.6 Å². The van der Waals surface area contributed by atoms with Gasteiger partial charge in [-0.2, -0.15) is 5.10 Å². The lowest BCUT2D eigenvalue weighted by atomic mass is 10.1. The first kappa shape index (κ1) is 16.3. The minimum Gasteiger partial charge on any atom is -0.292 e. The van der Waals surface area contributed by atoms with Crippen molar-refractivity contribution in [2.24, 2.45) is 0 Å². The second-order valence-corrected chi connectivity index (χ2v) is 5.68. The summed E-state index contributed by atoms with van der Waals surface area (Å²) in [4.78, 5) is 16.4. The molecule has 0 fully saturated rings. The Labute approximate surface area is 138 Å². The van der Waals surface area contributed by atoms with Crippen molar-refractivity contribution < 1.29 is 4.79 Å². The van der Waals surface area contributed by atoms with Gasteiger partial charge >= 0.3 is 0 Å². The van der Waals surface area contributed by atoms with E-state index in [0.717, 1.165) is 5.69 Å². The number of halogens is 3. The largest absolute Gasteiger partial charge is 0.292 e. The van der Waals surface area contributed by atoms with Crippen LogP contribution in [0.5, 0.6) is 0 Å². The number of hydrogen-bond acceptors (Lipinski definition) is 3. The van der Waals surface area contributed by atoms with Gasteiger partial charge in [0.15, 0.2) is 5.78 Å². The van der Waals surface area contributed by atoms with Gasteiger partial charge in [-0.1, -0.05) is 41.7 Å². The Morgan fingerprint density at radius 1 is 1.29 bits per heavy atom. The summed E-state index contributed by atoms with van der Waals surface area (Å²) < 4.78 is 1.74. The average molecular weight is 347 g/mol. The normalized spacial score (nSPS) is 10.9. The van der Waals surface area contributed by atoms with E-state index in [1.165, 1.54) is 12.3 Å². The minimum absolute atomic E-state index is 0.105. The Hall–Kier alpha value is -1.10. The molecule has 0 atom stereocenters. The van der Waals surface area contributed by atoms with E-state index in [1.807, 2.05) is 13.8 Å². The SMILES string of the molecule is CCc1nn(CC)c(CC(=O)c2ncc(Cl)cc2Cl)c1Cl. The highest BCUT2D eigenvalue weighted by Crippen LogP contribution is 2.25. The molecule has 0 unspecified atom stereocenters. The third-order valence-corrected chi connectivity index (χ3v) is 4.03. The monoisotopic (exact) mass is 345 g/mol. The molecule has 0 amide bonds. The van der Waals surface area contributed by atoms with Crippen LogP contribution in [0.4, 0.5) is 0 Å². The number of aryl methyl sites for hydroxylation is 2. The topological polar surface area (TPSA) is 47.8 Å². The van der Waals surface area contributed by atoms with E-state index in [1.54, 1.807) is 4.68 Å². The predicted molar refractivity (Wildman–Crippen MR) is 84.6 cm³/mol. The molecule has 7 heteroatoms. The van der Waals surface area contributed by atoms with Gasteiger partial charge in [-0.15, -0.1) is 0 Å². The standard InChI is InChI=1S/C14H14Cl3N3O/c1-3-10-13(17)11(20(4-2)19-10)6-12(21)14-9(16)5-8(15)7-18-14/h5,7H,3-4,6H2,1-2H3. The van der Waals surface area contributed by atoms with Crippen LogP contribution in [0.15, 0.2) is 12.3 Å². The molecule has 2 heterocycles. The maximum Gasteiger partial charge on any atom is 0.188 e. The van der Waals surface area contributed by atoms with Crippen molar-refractivity contribution in [2.45, 2.75) is 33.2 Å². The van der Waals surface area contributed by atoms with Crippen molar-refractivity contribution in [1.82, 2.24) is 14.8 Å². The molecule has 0 N–H and O–H groups in total. The average Bonchev–Trinajstić information content (AvgIpc) is 2.75. The van der Waals surface area contributed by atoms with Crippen LogP contribution < -0.4 is 0 Å². The summed E-state index contributed by atoms with van der Waals surface area (Å²) in [6, 6.07) is 1.50. The number of carbonyl (C=O) groups is 1. The molecule has 0 bridgehead atoms. The maximum absolute atomic E-state index is 12.4. The van der Waals surface area contributed by atoms with Crippen LogP contribution in [0.3, 0.4) is 0 Å². The predicted octanol–water partition coefficient (Wildman–Crippen LogP) is 4.25. The molecule has 21 heavy (non-hydrogen) atoms. The molecule has 0 aliphatic carbocycles. The molecule has 0 aliphatic heterocycles. The van der Waals surface area contributed by atoms with Crippen LogP contribution in [0.2, 0.25) is 15.1 Å². The third-order valence-electron chi connectivity index (χ3n) is 3.09. The van der Waals surface area contributed by atoms with Crippen LogP contribution in [-0.2, 0) is 19.4 Å². The fourth-order valence-corrected chi connectivity index (χ4v) is 2.86. The van der Waals surface area contributed by atoms with Gasteiger partial charge in [-0.3, -0.25) is 9.48 Å². The molecule has 112 valence electrons. The minimum atomic E-state index is -0.212. The zero-order chi connectivity index (χ0) is 15.6. The summed E-state index contributed by atoms with van der Waals surface area (Å²) in [5, 5.41) is 5.56. The summed E-state index contributed by atoms with van der Waals surface area (Å²) in [7, 11) is 0. The summed E-state index contributed by atoms with van der Waals surface area (Å²) in [5.74, 6) is -0.212. The highest BCUT2D eigenvalue weighted by molar-refractivity contribution is 6.36. The van der Waals surface area contributed by atoms with Gasteiger partial charge in [0.1, 0.15) is 5.69 Å². The second-order valence-electron chi connectivity index (χ2n) is 4.46. The van der Waals surface area contributed by atoms with Gasteiger partial charge in [-0.25, -0.2) is 4.98 Å². The molecule has 2 aromatic rings. The van der Waals surface area contributed by atoms with Crippen molar-refractivity contribution in [3.8, 4) is 0 Å². The number of carbonyl (C=O) groups excluding carboxylic acids is 1. The van der Waals surface area contributed by atoms with E-state index in [-0.39, 0.29) is 22.9 Å². The molecule has 2 rings (SSSR count). The lowest BCUT2D eigenvalue weighted by Crippen LogP contribution is -2.12. The van der Waals surface area contributed by atoms with Gasteiger partial charge in [0.2, 0.25) is 0 Å². The molecule has 0 aliphatic rings. The first-order chi connectivity index (χ1) is 9.97. The van der Waals surface area contributed by atoms with E-state index in [0.29, 0.717) is 28.7 Å². The Morgan fingerprint density at radius 3 is 2.57 bits per heavy atom. The van der Waals surface area contributed by atoms with Gasteiger partial charge in [-0.05, 0) is 19.4 Å². The highest BCUT2D eigenvalue weighted by atomic mass is 35.5. The summed E-state index contributed by atoms with van der Waals surface area (Å²) in [6.07, 6.45) is 2.22. The lowest BCUT2D eigenvalue weighted by Gasteiger charge is -2.06. The Morgan fingerprint density at radius 2 is 2.00 bits per heavy atom. The Bertz CT molecular complexity index is 682. The van der Waals surface area contributed by atoms with Gasteiger partial charge < -0.3 is 0 Å². The number of nitrogens with zero attached hydrogens (tertiary/aromatic N) is 3. The van der Waals surface area contributed by atoms with Gasteiger partial charge in [0, 0.05) is 12.7 Å². The first-order valence-corrected chi connectivity index (χ1v) is 7.69. The Kier molecular flexibility index (Phi) is 5.25. The van der Waals surface area contributed by atoms with Crippen molar-refractivity contribution in [3.05, 3.63) is 44.4 Å². The number of rotatable bonds is 5. The van der Waals surface area contributed by atoms with Crippen molar-refractivity contribution in [1.29, 1.82) is 0 Å². The summed E-state index contributed by atoms with van der Waals surface area (Å²) in [5.41, 5.74) is 1.67. The zero-order valence-corrected chi connectivity index (χ0v) is 13.9. The third kappa shape index (κ3) is 3.39. The fraction of sp³-hybridized carbons (Fsp3) is 0.357. The number of pyridine rings is 1. The molecule has 4 nitrogen and oxygen atoms in total. The number of ketones is 1. The molecule has 0 saturated carbocycles. The van der Waals surface area contributed by atoms with Crippen molar-refractivity contribution in [2.75, 3.05) is 0 Å². The van der Waals surface area contributed by atoms with E-state index in [9.17, 15) is 4.79 Å². The van der Waals surface area contributed by atoms with Crippen molar-refractivity contribution in [3.63, 3.8) is 0 Å². The number of Topliss-reactive ketones (excluding diaryl/α,β-unsaturated/α-hetero) is 1. The van der Waals surface area contributed by atoms with E-state index in [4.69, 9.17) is 34.8 Å². The lowest BCUT2D eigenvalue weighted by molar-refractivity contribution is 0.0986. The van der Waals surface area contributed by atoms with Crippen LogP contribution in [-0.4, -0.2) is 20.5 Å². The molecule has 0 radical (unpaired) electrons. The van der Waals surface area contributed by atoms with Gasteiger partial charge in [0.25, 0.3) is 0 Å². The second kappa shape index (κ2) is 6.77. The smallest absolute Gasteiger partial charge is 0.188 e. The molecule has 0 saturated heterocycles. The number of hydrogen-bond donors (Lipinski definition) is 0. The zero-order valence-electron chi connectivity index (χ0n) is 11.7. The molecular formula is C14H14Cl3N3O. The van der Waals surface area contributed by atoms with Gasteiger partial charge in [0.05, 0.1) is 32.9 Å². The van der Waals surface area contributed by atoms with Crippen LogP contribution in [0.25, 0.3) is 0 Å². The van der Waals surface area contributed by atoms with E-state index < -0.39 is 0 Å². The maximum atomic E-state index is 12.4. The molecule has 0 spiro atoms. The van der Waals surface area contributed by atoms with E-state index >= 15 is 0 Å². The Balaban J connectivity index is 2.33. The molecular weight excluding hydrogens is 333 g/mol. The number of aromatic nitrogens is 3. The van der Waals surface area contributed by atoms with E-state index in [2.05, 4.69) is 10.1 Å². The summed E-state index contributed by atoms with van der Waals surface area (Å²) in [6.45, 7) is 4.56. The first-order valence-electron chi connectivity index (χ1n) is 6.56. The molecule has 2 aromatic heterocycles. The summed E-state index contributed by atoms with van der Waals surface area (Å²) >= 11 is 18.1. The highest BCUT2D eigenvalue weighted by Gasteiger charge is 2.20. The van der Waals surface area contributed by atoms with Crippen LogP contribution in [0.1, 0.15) is 35.7 Å². The quantitative estimate of drug-likeness (QED) is 0.761. The fourth-order valence-electron chi connectivity index (χ4n) is 2.04.